The van der Waals surface area contributed by atoms with Crippen molar-refractivity contribution in [1.82, 2.24) is 0 Å². The molecule has 1 heterocycles. The van der Waals surface area contributed by atoms with E-state index in [0.29, 0.717) is 18.4 Å². The fourth-order valence-electron chi connectivity index (χ4n) is 1.33. The van der Waals surface area contributed by atoms with Crippen LogP contribution in [0.3, 0.4) is 0 Å². The van der Waals surface area contributed by atoms with Crippen molar-refractivity contribution in [1.29, 1.82) is 0 Å². The monoisotopic (exact) mass is 206 g/mol. The van der Waals surface area contributed by atoms with Gasteiger partial charge >= 0.3 is 5.97 Å². The lowest BCUT2D eigenvalue weighted by Crippen LogP contribution is -2.03. The fraction of sp³-hybridized carbons (Fsp3) is 0.417. The van der Waals surface area contributed by atoms with E-state index in [1.165, 1.54) is 6.08 Å². The summed E-state index contributed by atoms with van der Waals surface area (Å²) in [5.41, 5.74) is 0.697. The molecule has 0 fully saturated rings. The molecule has 0 aromatic heterocycles. The van der Waals surface area contributed by atoms with Crippen molar-refractivity contribution >= 4 is 5.97 Å². The van der Waals surface area contributed by atoms with Crippen molar-refractivity contribution in [3.63, 3.8) is 0 Å². The number of hydrogen-bond donors (Lipinski definition) is 1. The average Bonchev–Trinajstić information content (AvgIpc) is 2.52. The molecule has 80 valence electrons. The van der Waals surface area contributed by atoms with Crippen molar-refractivity contribution < 1.29 is 14.6 Å². The molecule has 0 bridgehead atoms. The van der Waals surface area contributed by atoms with E-state index >= 15 is 0 Å². The van der Waals surface area contributed by atoms with Gasteiger partial charge in [-0.2, -0.15) is 0 Å². The molecule has 2 atom stereocenters. The quantitative estimate of drug-likeness (QED) is 0.427. The van der Waals surface area contributed by atoms with Crippen molar-refractivity contribution in [2.45, 2.75) is 32.0 Å². The molecule has 1 aliphatic rings. The Morgan fingerprint density at radius 1 is 1.80 bits per heavy atom. The lowest BCUT2D eigenvalue weighted by atomic mass is 10.1. The van der Waals surface area contributed by atoms with E-state index in [4.69, 9.17) is 16.3 Å². The van der Waals surface area contributed by atoms with Gasteiger partial charge in [0.15, 0.2) is 0 Å². The third kappa shape index (κ3) is 3.61. The SMILES string of the molecule is C#C[C@@H](O)/C=C/CCC1=C[C@H](C)OC1=O. The van der Waals surface area contributed by atoms with Crippen molar-refractivity contribution in [3.8, 4) is 12.3 Å². The minimum Gasteiger partial charge on any atom is -0.455 e. The van der Waals surface area contributed by atoms with Crippen molar-refractivity contribution in [2.75, 3.05) is 0 Å². The van der Waals surface area contributed by atoms with Crippen LogP contribution in [0.4, 0.5) is 0 Å². The number of allylic oxidation sites excluding steroid dienone is 1. The number of esters is 1. The number of ether oxygens (including phenoxy) is 1. The van der Waals surface area contributed by atoms with Crippen LogP contribution in [0.25, 0.3) is 0 Å². The number of carbonyl (C=O) groups is 1. The van der Waals surface area contributed by atoms with Crippen LogP contribution in [0.1, 0.15) is 19.8 Å². The predicted octanol–water partition coefficient (Wildman–Crippen LogP) is 1.19. The molecular weight excluding hydrogens is 192 g/mol. The maximum absolute atomic E-state index is 11.2. The summed E-state index contributed by atoms with van der Waals surface area (Å²) >= 11 is 0. The molecule has 0 amide bonds. The maximum atomic E-state index is 11.2. The van der Waals surface area contributed by atoms with E-state index in [1.807, 2.05) is 13.0 Å². The number of hydrogen-bond acceptors (Lipinski definition) is 3. The average molecular weight is 206 g/mol. The first-order valence-electron chi connectivity index (χ1n) is 4.86. The highest BCUT2D eigenvalue weighted by atomic mass is 16.5. The molecule has 15 heavy (non-hydrogen) atoms. The van der Waals surface area contributed by atoms with Gasteiger partial charge in [-0.3, -0.25) is 0 Å². The lowest BCUT2D eigenvalue weighted by Gasteiger charge is -1.98. The maximum Gasteiger partial charge on any atom is 0.334 e. The Bertz CT molecular complexity index is 333. The number of cyclic esters (lactones) is 1. The first-order valence-corrected chi connectivity index (χ1v) is 4.86. The normalized spacial score (nSPS) is 22.3. The zero-order valence-electron chi connectivity index (χ0n) is 8.64. The second kappa shape index (κ2) is 5.38. The summed E-state index contributed by atoms with van der Waals surface area (Å²) in [6.45, 7) is 1.82. The van der Waals surface area contributed by atoms with Crippen molar-refractivity contribution in [3.05, 3.63) is 23.8 Å². The summed E-state index contributed by atoms with van der Waals surface area (Å²) in [4.78, 5) is 11.2. The van der Waals surface area contributed by atoms with Gasteiger partial charge in [-0.05, 0) is 31.9 Å². The van der Waals surface area contributed by atoms with Crippen LogP contribution in [0.2, 0.25) is 0 Å². The zero-order valence-corrected chi connectivity index (χ0v) is 8.64. The van der Waals surface area contributed by atoms with Gasteiger partial charge in [-0.25, -0.2) is 4.79 Å². The first kappa shape index (κ1) is 11.5. The molecule has 0 aromatic rings. The molecule has 0 spiro atoms. The number of aliphatic hydroxyl groups excluding tert-OH is 1. The van der Waals surface area contributed by atoms with Gasteiger partial charge < -0.3 is 9.84 Å². The Labute approximate surface area is 89.4 Å². The van der Waals surface area contributed by atoms with Crippen LogP contribution in [-0.4, -0.2) is 23.3 Å². The Morgan fingerprint density at radius 2 is 2.53 bits per heavy atom. The summed E-state index contributed by atoms with van der Waals surface area (Å²) in [7, 11) is 0. The van der Waals surface area contributed by atoms with Crippen LogP contribution in [0, 0.1) is 12.3 Å². The van der Waals surface area contributed by atoms with Gasteiger partial charge in [0.05, 0.1) is 0 Å². The molecule has 0 aromatic carbocycles. The second-order valence-corrected chi connectivity index (χ2v) is 3.38. The van der Waals surface area contributed by atoms with Crippen LogP contribution in [0.5, 0.6) is 0 Å². The van der Waals surface area contributed by atoms with Crippen molar-refractivity contribution in [2.24, 2.45) is 0 Å². The van der Waals surface area contributed by atoms with Crippen LogP contribution in [-0.2, 0) is 9.53 Å². The van der Waals surface area contributed by atoms with Gasteiger partial charge in [0.1, 0.15) is 12.2 Å². The topological polar surface area (TPSA) is 46.5 Å². The van der Waals surface area contributed by atoms with E-state index in [9.17, 15) is 4.79 Å². The Kier molecular flexibility index (Phi) is 4.14. The molecular formula is C12H14O3. The van der Waals surface area contributed by atoms with E-state index < -0.39 is 6.10 Å². The summed E-state index contributed by atoms with van der Waals surface area (Å²) in [5.74, 6) is 1.93. The van der Waals surface area contributed by atoms with E-state index in [1.54, 1.807) is 6.08 Å². The predicted molar refractivity (Wildman–Crippen MR) is 56.9 cm³/mol. The zero-order chi connectivity index (χ0) is 11.3. The lowest BCUT2D eigenvalue weighted by molar-refractivity contribution is -0.139. The summed E-state index contributed by atoms with van der Waals surface area (Å²) in [6.07, 6.45) is 10.4. The molecule has 0 saturated carbocycles. The molecule has 1 aliphatic heterocycles. The van der Waals surface area contributed by atoms with Gasteiger partial charge in [0, 0.05) is 5.57 Å². The minimum atomic E-state index is -0.839. The smallest absolute Gasteiger partial charge is 0.334 e. The highest BCUT2D eigenvalue weighted by Crippen LogP contribution is 2.17. The summed E-state index contributed by atoms with van der Waals surface area (Å²) in [6, 6.07) is 0. The Balaban J connectivity index is 2.33. The molecule has 0 aliphatic carbocycles. The number of terminal acetylenes is 1. The molecule has 3 nitrogen and oxygen atoms in total. The molecule has 1 N–H and O–H groups in total. The Morgan fingerprint density at radius 3 is 3.07 bits per heavy atom. The second-order valence-electron chi connectivity index (χ2n) is 3.38. The largest absolute Gasteiger partial charge is 0.455 e. The minimum absolute atomic E-state index is 0.118. The van der Waals surface area contributed by atoms with Gasteiger partial charge in [0.25, 0.3) is 0 Å². The number of aliphatic hydroxyl groups is 1. The van der Waals surface area contributed by atoms with Gasteiger partial charge in [-0.1, -0.05) is 12.0 Å². The fourth-order valence-corrected chi connectivity index (χ4v) is 1.33. The summed E-state index contributed by atoms with van der Waals surface area (Å²) in [5, 5.41) is 9.01. The molecule has 3 heteroatoms. The highest BCUT2D eigenvalue weighted by Gasteiger charge is 2.20. The number of rotatable bonds is 4. The third-order valence-electron chi connectivity index (χ3n) is 2.06. The first-order chi connectivity index (χ1) is 7.13. The molecule has 0 saturated heterocycles. The molecule has 1 rings (SSSR count). The van der Waals surface area contributed by atoms with Gasteiger partial charge in [0.2, 0.25) is 0 Å². The molecule has 0 radical (unpaired) electrons. The third-order valence-corrected chi connectivity index (χ3v) is 2.06. The van der Waals surface area contributed by atoms with E-state index in [2.05, 4.69) is 5.92 Å². The standard InChI is InChI=1S/C12H14O3/c1-3-11(13)7-5-4-6-10-8-9(2)15-12(10)14/h1,5,7-9,11,13H,4,6H2,2H3/b7-5+/t9-,11+/m0/s1. The van der Waals surface area contributed by atoms with E-state index in [0.717, 1.165) is 0 Å². The van der Waals surface area contributed by atoms with E-state index in [-0.39, 0.29) is 12.1 Å². The van der Waals surface area contributed by atoms with Crippen LogP contribution >= 0.6 is 0 Å². The highest BCUT2D eigenvalue weighted by molar-refractivity contribution is 5.90. The molecule has 0 unspecified atom stereocenters. The Hall–Kier alpha value is -1.53. The number of carbonyl (C=O) groups excluding carboxylic acids is 1. The van der Waals surface area contributed by atoms with Crippen LogP contribution < -0.4 is 0 Å². The summed E-state index contributed by atoms with van der Waals surface area (Å²) < 4.78 is 4.94. The van der Waals surface area contributed by atoms with Gasteiger partial charge in [-0.15, -0.1) is 6.42 Å². The van der Waals surface area contributed by atoms with Crippen LogP contribution in [0.15, 0.2) is 23.8 Å².